The summed E-state index contributed by atoms with van der Waals surface area (Å²) in [5.41, 5.74) is 9.84. The fourth-order valence-electron chi connectivity index (χ4n) is 4.42. The fourth-order valence-corrected chi connectivity index (χ4v) is 4.42. The highest BCUT2D eigenvalue weighted by Gasteiger charge is 2.39. The molecule has 2 unspecified atom stereocenters. The van der Waals surface area contributed by atoms with Gasteiger partial charge >= 0.3 is 0 Å². The van der Waals surface area contributed by atoms with E-state index in [-0.39, 0.29) is 24.3 Å². The number of imide groups is 1. The molecule has 4 rings (SSSR count). The Kier molecular flexibility index (Phi) is 5.65. The Morgan fingerprint density at radius 1 is 1.13 bits per heavy atom. The van der Waals surface area contributed by atoms with Crippen LogP contribution >= 0.6 is 0 Å². The van der Waals surface area contributed by atoms with E-state index in [9.17, 15) is 14.4 Å². The maximum absolute atomic E-state index is 13.0. The SMILES string of the molecule is CN(Cc1cccc2c1CN(C1CCC(=O)NC1=O)C2=O)C(CN)c1ccccc1. The molecule has 2 aromatic carbocycles. The number of piperidine rings is 1. The zero-order valence-corrected chi connectivity index (χ0v) is 17.0. The van der Waals surface area contributed by atoms with E-state index in [4.69, 9.17) is 5.73 Å². The highest BCUT2D eigenvalue weighted by atomic mass is 16.2. The first-order valence-electron chi connectivity index (χ1n) is 10.2. The summed E-state index contributed by atoms with van der Waals surface area (Å²) in [6.07, 6.45) is 0.615. The Labute approximate surface area is 175 Å². The van der Waals surface area contributed by atoms with Crippen LogP contribution in [0.4, 0.5) is 0 Å². The number of likely N-dealkylation sites (N-methyl/N-ethyl adjacent to an activating group) is 1. The molecular weight excluding hydrogens is 380 g/mol. The van der Waals surface area contributed by atoms with Crippen LogP contribution in [-0.4, -0.2) is 47.2 Å². The van der Waals surface area contributed by atoms with Crippen LogP contribution in [0.5, 0.6) is 0 Å². The van der Waals surface area contributed by atoms with Crippen LogP contribution in [0, 0.1) is 0 Å². The van der Waals surface area contributed by atoms with E-state index in [1.807, 2.05) is 43.4 Å². The highest BCUT2D eigenvalue weighted by molar-refractivity contribution is 6.05. The molecule has 30 heavy (non-hydrogen) atoms. The lowest BCUT2D eigenvalue weighted by Gasteiger charge is -2.30. The number of nitrogens with two attached hydrogens (primary N) is 1. The van der Waals surface area contributed by atoms with E-state index in [1.54, 1.807) is 4.90 Å². The monoisotopic (exact) mass is 406 g/mol. The second-order valence-corrected chi connectivity index (χ2v) is 7.92. The van der Waals surface area contributed by atoms with E-state index in [0.29, 0.717) is 31.6 Å². The molecule has 7 nitrogen and oxygen atoms in total. The number of fused-ring (bicyclic) bond motifs is 1. The summed E-state index contributed by atoms with van der Waals surface area (Å²) in [5.74, 6) is -0.822. The number of carbonyl (C=O) groups excluding carboxylic acids is 3. The Morgan fingerprint density at radius 2 is 1.90 bits per heavy atom. The van der Waals surface area contributed by atoms with Crippen molar-refractivity contribution in [1.29, 1.82) is 0 Å². The number of hydrogen-bond acceptors (Lipinski definition) is 5. The molecule has 2 aliphatic rings. The third-order valence-electron chi connectivity index (χ3n) is 6.04. The van der Waals surface area contributed by atoms with E-state index in [0.717, 1.165) is 16.7 Å². The van der Waals surface area contributed by atoms with Crippen LogP contribution in [0.1, 0.15) is 45.9 Å². The van der Waals surface area contributed by atoms with Gasteiger partial charge in [0.15, 0.2) is 0 Å². The first kappa shape index (κ1) is 20.3. The van der Waals surface area contributed by atoms with Crippen molar-refractivity contribution in [2.45, 2.75) is 38.0 Å². The molecule has 2 aromatic rings. The molecule has 156 valence electrons. The predicted molar refractivity (Wildman–Crippen MR) is 112 cm³/mol. The normalized spacial score (nSPS) is 19.8. The summed E-state index contributed by atoms with van der Waals surface area (Å²) >= 11 is 0. The largest absolute Gasteiger partial charge is 0.329 e. The topological polar surface area (TPSA) is 95.7 Å². The minimum absolute atomic E-state index is 0.0606. The maximum atomic E-state index is 13.0. The second-order valence-electron chi connectivity index (χ2n) is 7.92. The average Bonchev–Trinajstić information content (AvgIpc) is 3.07. The summed E-state index contributed by atoms with van der Waals surface area (Å²) < 4.78 is 0. The van der Waals surface area contributed by atoms with E-state index >= 15 is 0 Å². The van der Waals surface area contributed by atoms with Crippen molar-refractivity contribution in [1.82, 2.24) is 15.1 Å². The van der Waals surface area contributed by atoms with Gasteiger partial charge in [0.25, 0.3) is 5.91 Å². The Bertz CT molecular complexity index is 976. The molecule has 2 heterocycles. The second kappa shape index (κ2) is 8.38. The number of hydrogen-bond donors (Lipinski definition) is 2. The maximum Gasteiger partial charge on any atom is 0.255 e. The standard InChI is InChI=1S/C23H26N4O3/c1-26(20(12-24)15-6-3-2-4-7-15)13-16-8-5-9-17-18(16)14-27(23(17)30)19-10-11-21(28)25-22(19)29/h2-9,19-20H,10-14,24H2,1H3,(H,25,28,29). The minimum Gasteiger partial charge on any atom is -0.329 e. The number of rotatable bonds is 6. The molecule has 0 saturated carbocycles. The lowest BCUT2D eigenvalue weighted by atomic mass is 10.0. The number of carbonyl (C=O) groups is 3. The van der Waals surface area contributed by atoms with Gasteiger partial charge in [-0.05, 0) is 36.2 Å². The summed E-state index contributed by atoms with van der Waals surface area (Å²) in [5, 5.41) is 2.35. The van der Waals surface area contributed by atoms with Gasteiger partial charge in [0, 0.05) is 37.7 Å². The van der Waals surface area contributed by atoms with Gasteiger partial charge in [-0.1, -0.05) is 42.5 Å². The molecule has 0 aromatic heterocycles. The van der Waals surface area contributed by atoms with Crippen LogP contribution in [0.3, 0.4) is 0 Å². The Balaban J connectivity index is 1.55. The number of nitrogens with one attached hydrogen (secondary N) is 1. The molecule has 3 N–H and O–H groups in total. The third-order valence-corrected chi connectivity index (χ3v) is 6.04. The highest BCUT2D eigenvalue weighted by Crippen LogP contribution is 2.31. The molecule has 0 spiro atoms. The third kappa shape index (κ3) is 3.74. The summed E-state index contributed by atoms with van der Waals surface area (Å²) in [6, 6.07) is 15.3. The molecule has 0 radical (unpaired) electrons. The molecule has 2 atom stereocenters. The molecule has 1 fully saturated rings. The van der Waals surface area contributed by atoms with Gasteiger partial charge in [0.05, 0.1) is 0 Å². The van der Waals surface area contributed by atoms with Crippen molar-refractivity contribution in [3.05, 3.63) is 70.8 Å². The predicted octanol–water partition coefficient (Wildman–Crippen LogP) is 1.58. The molecule has 3 amide bonds. The van der Waals surface area contributed by atoms with Crippen LogP contribution in [0.25, 0.3) is 0 Å². The van der Waals surface area contributed by atoms with Crippen molar-refractivity contribution >= 4 is 17.7 Å². The molecule has 2 aliphatic heterocycles. The smallest absolute Gasteiger partial charge is 0.255 e. The van der Waals surface area contributed by atoms with E-state index < -0.39 is 11.9 Å². The van der Waals surface area contributed by atoms with Crippen molar-refractivity contribution in [3.63, 3.8) is 0 Å². The van der Waals surface area contributed by atoms with Gasteiger partial charge in [-0.25, -0.2) is 0 Å². The summed E-state index contributed by atoms with van der Waals surface area (Å²) in [6.45, 7) is 1.50. The summed E-state index contributed by atoms with van der Waals surface area (Å²) in [7, 11) is 2.03. The molecule has 0 aliphatic carbocycles. The molecule has 7 heteroatoms. The van der Waals surface area contributed by atoms with Crippen LogP contribution < -0.4 is 11.1 Å². The minimum atomic E-state index is -0.603. The van der Waals surface area contributed by atoms with Crippen LogP contribution in [0.2, 0.25) is 0 Å². The van der Waals surface area contributed by atoms with Crippen molar-refractivity contribution < 1.29 is 14.4 Å². The first-order chi connectivity index (χ1) is 14.5. The van der Waals surface area contributed by atoms with Gasteiger partial charge in [-0.15, -0.1) is 0 Å². The van der Waals surface area contributed by atoms with Crippen LogP contribution in [-0.2, 0) is 22.7 Å². The van der Waals surface area contributed by atoms with Gasteiger partial charge < -0.3 is 10.6 Å². The van der Waals surface area contributed by atoms with E-state index in [1.165, 1.54) is 0 Å². The van der Waals surface area contributed by atoms with Gasteiger partial charge in [-0.2, -0.15) is 0 Å². The zero-order chi connectivity index (χ0) is 21.3. The lowest BCUT2D eigenvalue weighted by Crippen LogP contribution is -2.52. The molecule has 0 bridgehead atoms. The van der Waals surface area contributed by atoms with Crippen molar-refractivity contribution in [3.8, 4) is 0 Å². The van der Waals surface area contributed by atoms with Crippen molar-refractivity contribution in [2.24, 2.45) is 5.73 Å². The quantitative estimate of drug-likeness (QED) is 0.710. The lowest BCUT2D eigenvalue weighted by molar-refractivity contribution is -0.136. The number of nitrogens with zero attached hydrogens (tertiary/aromatic N) is 2. The number of benzene rings is 2. The van der Waals surface area contributed by atoms with Gasteiger partial charge in [0.1, 0.15) is 6.04 Å². The zero-order valence-electron chi connectivity index (χ0n) is 17.0. The first-order valence-corrected chi connectivity index (χ1v) is 10.2. The van der Waals surface area contributed by atoms with E-state index in [2.05, 4.69) is 22.3 Å². The Hall–Kier alpha value is -3.03. The van der Waals surface area contributed by atoms with Crippen LogP contribution in [0.15, 0.2) is 48.5 Å². The molecule has 1 saturated heterocycles. The summed E-state index contributed by atoms with van der Waals surface area (Å²) in [4.78, 5) is 40.5. The van der Waals surface area contributed by atoms with Gasteiger partial charge in [0.2, 0.25) is 11.8 Å². The molecular formula is C23H26N4O3. The average molecular weight is 406 g/mol. The van der Waals surface area contributed by atoms with Gasteiger partial charge in [-0.3, -0.25) is 24.6 Å². The number of amides is 3. The fraction of sp³-hybridized carbons (Fsp3) is 0.348. The van der Waals surface area contributed by atoms with Crippen molar-refractivity contribution in [2.75, 3.05) is 13.6 Å². The Morgan fingerprint density at radius 3 is 2.60 bits per heavy atom.